The van der Waals surface area contributed by atoms with Crippen molar-refractivity contribution in [1.82, 2.24) is 10.2 Å². The van der Waals surface area contributed by atoms with Gasteiger partial charge in [-0.05, 0) is 39.0 Å². The van der Waals surface area contributed by atoms with Crippen molar-refractivity contribution in [2.75, 3.05) is 19.8 Å². The zero-order valence-electron chi connectivity index (χ0n) is 16.5. The molecule has 0 saturated carbocycles. The minimum Gasteiger partial charge on any atom is -0.391 e. The molecule has 5 N–H and O–H groups in total. The minimum atomic E-state index is -1.42. The maximum absolute atomic E-state index is 12.8. The molecule has 1 amide bonds. The number of rotatable bonds is 7. The standard InChI is InChI=1S/C18H34N2O6S/c1-5-6-10-7-11(20(3)8-10)17(25)19-12(9(2)21)16-14(23)13(22)15(24)18(26-16)27-4/h9-16,18,21-24H,5-8H2,1-4H3,(H,19,25)/t9-,10+,11+,12+,13+,14-,15+,16+,18+/m0/s1. The highest BCUT2D eigenvalue weighted by molar-refractivity contribution is 7.99. The van der Waals surface area contributed by atoms with Crippen molar-refractivity contribution in [3.8, 4) is 0 Å². The maximum atomic E-state index is 12.8. The topological polar surface area (TPSA) is 122 Å². The summed E-state index contributed by atoms with van der Waals surface area (Å²) in [6.07, 6.45) is -1.50. The van der Waals surface area contributed by atoms with Crippen LogP contribution in [0.1, 0.15) is 33.1 Å². The number of thioether (sulfide) groups is 1. The van der Waals surface area contributed by atoms with Gasteiger partial charge in [0.1, 0.15) is 29.9 Å². The van der Waals surface area contributed by atoms with E-state index in [2.05, 4.69) is 12.2 Å². The Morgan fingerprint density at radius 3 is 2.52 bits per heavy atom. The highest BCUT2D eigenvalue weighted by atomic mass is 32.2. The largest absolute Gasteiger partial charge is 0.391 e. The number of nitrogens with zero attached hydrogens (tertiary/aromatic N) is 1. The lowest BCUT2D eigenvalue weighted by atomic mass is 9.92. The van der Waals surface area contributed by atoms with Gasteiger partial charge in [-0.25, -0.2) is 0 Å². The van der Waals surface area contributed by atoms with Crippen LogP contribution in [0, 0.1) is 5.92 Å². The smallest absolute Gasteiger partial charge is 0.237 e. The summed E-state index contributed by atoms with van der Waals surface area (Å²) in [5.41, 5.74) is -0.755. The molecule has 0 aliphatic carbocycles. The summed E-state index contributed by atoms with van der Waals surface area (Å²) in [5, 5.41) is 43.5. The van der Waals surface area contributed by atoms with Gasteiger partial charge in [0.2, 0.25) is 5.91 Å². The molecule has 2 aliphatic rings. The first kappa shape index (κ1) is 22.9. The van der Waals surface area contributed by atoms with Gasteiger partial charge in [0.25, 0.3) is 0 Å². The Kier molecular flexibility index (Phi) is 8.35. The molecular weight excluding hydrogens is 372 g/mol. The zero-order valence-corrected chi connectivity index (χ0v) is 17.3. The molecule has 0 radical (unpaired) electrons. The first-order valence-electron chi connectivity index (χ1n) is 9.62. The summed E-state index contributed by atoms with van der Waals surface area (Å²) in [7, 11) is 1.91. The van der Waals surface area contributed by atoms with Crippen LogP contribution in [0.25, 0.3) is 0 Å². The first-order valence-corrected chi connectivity index (χ1v) is 10.9. The van der Waals surface area contributed by atoms with Crippen molar-refractivity contribution in [2.24, 2.45) is 5.92 Å². The monoisotopic (exact) mass is 406 g/mol. The van der Waals surface area contributed by atoms with Crippen LogP contribution >= 0.6 is 11.8 Å². The SMILES string of the molecule is CCC[C@@H]1C[C@H](C(=O)N[C@@H]([C@H]2O[C@H](SC)[C@H](O)[C@H](O)[C@@H]2O)[C@H](C)O)N(C)C1. The normalized spacial score (nSPS) is 39.9. The molecule has 0 unspecified atom stereocenters. The molecule has 0 aromatic heterocycles. The van der Waals surface area contributed by atoms with Gasteiger partial charge in [0, 0.05) is 6.54 Å². The number of hydrogen-bond acceptors (Lipinski definition) is 8. The summed E-state index contributed by atoms with van der Waals surface area (Å²) in [4.78, 5) is 14.9. The van der Waals surface area contributed by atoms with Gasteiger partial charge in [-0.15, -0.1) is 11.8 Å². The van der Waals surface area contributed by atoms with Gasteiger partial charge >= 0.3 is 0 Å². The van der Waals surface area contributed by atoms with E-state index in [1.165, 1.54) is 18.7 Å². The molecular formula is C18H34N2O6S. The predicted molar refractivity (Wildman–Crippen MR) is 103 cm³/mol. The van der Waals surface area contributed by atoms with Gasteiger partial charge < -0.3 is 30.5 Å². The summed E-state index contributed by atoms with van der Waals surface area (Å²) in [6.45, 7) is 4.48. The van der Waals surface area contributed by atoms with Gasteiger partial charge in [0.15, 0.2) is 0 Å². The molecule has 158 valence electrons. The van der Waals surface area contributed by atoms with E-state index in [0.717, 1.165) is 25.8 Å². The van der Waals surface area contributed by atoms with E-state index in [0.29, 0.717) is 5.92 Å². The average molecular weight is 407 g/mol. The molecule has 2 heterocycles. The number of amides is 1. The van der Waals surface area contributed by atoms with Crippen molar-refractivity contribution in [2.45, 2.75) is 81.1 Å². The van der Waals surface area contributed by atoms with Crippen molar-refractivity contribution >= 4 is 17.7 Å². The van der Waals surface area contributed by atoms with Crippen LogP contribution < -0.4 is 5.32 Å². The van der Waals surface area contributed by atoms with Crippen molar-refractivity contribution in [1.29, 1.82) is 0 Å². The quantitative estimate of drug-likeness (QED) is 0.370. The fraction of sp³-hybridized carbons (Fsp3) is 0.944. The third kappa shape index (κ3) is 5.14. The highest BCUT2D eigenvalue weighted by Gasteiger charge is 2.48. The summed E-state index contributed by atoms with van der Waals surface area (Å²) >= 11 is 1.20. The number of likely N-dealkylation sites (tertiary alicyclic amines) is 1. The Hall–Kier alpha value is -0.420. The number of likely N-dealkylation sites (N-methyl/N-ethyl adjacent to an activating group) is 1. The van der Waals surface area contributed by atoms with Crippen LogP contribution in [0.2, 0.25) is 0 Å². The second-order valence-corrected chi connectivity index (χ2v) is 8.73. The first-order chi connectivity index (χ1) is 12.7. The second-order valence-electron chi connectivity index (χ2n) is 7.80. The third-order valence-electron chi connectivity index (χ3n) is 5.66. The van der Waals surface area contributed by atoms with Gasteiger partial charge in [-0.1, -0.05) is 13.3 Å². The van der Waals surface area contributed by atoms with Crippen LogP contribution in [0.15, 0.2) is 0 Å². The number of aliphatic hydroxyl groups is 4. The third-order valence-corrected chi connectivity index (χ3v) is 6.51. The van der Waals surface area contributed by atoms with E-state index in [-0.39, 0.29) is 11.9 Å². The number of nitrogens with one attached hydrogen (secondary N) is 1. The van der Waals surface area contributed by atoms with E-state index in [4.69, 9.17) is 4.74 Å². The molecule has 2 rings (SSSR count). The lowest BCUT2D eigenvalue weighted by molar-refractivity contribution is -0.211. The van der Waals surface area contributed by atoms with Gasteiger partial charge in [-0.2, -0.15) is 0 Å². The van der Waals surface area contributed by atoms with E-state index >= 15 is 0 Å². The van der Waals surface area contributed by atoms with Crippen LogP contribution in [0.5, 0.6) is 0 Å². The number of carbonyl (C=O) groups is 1. The Labute approximate surface area is 165 Å². The lowest BCUT2D eigenvalue weighted by Gasteiger charge is -2.44. The number of aliphatic hydroxyl groups excluding tert-OH is 4. The summed E-state index contributed by atoms with van der Waals surface area (Å²) in [6, 6.07) is -1.20. The van der Waals surface area contributed by atoms with Crippen LogP contribution in [-0.2, 0) is 9.53 Å². The molecule has 0 bridgehead atoms. The van der Waals surface area contributed by atoms with E-state index < -0.39 is 42.0 Å². The Morgan fingerprint density at radius 1 is 1.30 bits per heavy atom. The lowest BCUT2D eigenvalue weighted by Crippen LogP contribution is -2.65. The van der Waals surface area contributed by atoms with Crippen LogP contribution in [0.4, 0.5) is 0 Å². The molecule has 9 heteroatoms. The second kappa shape index (κ2) is 9.87. The Morgan fingerprint density at radius 2 is 1.96 bits per heavy atom. The summed E-state index contributed by atoms with van der Waals surface area (Å²) in [5.74, 6) is 0.245. The van der Waals surface area contributed by atoms with E-state index in [9.17, 15) is 25.2 Å². The highest BCUT2D eigenvalue weighted by Crippen LogP contribution is 2.30. The van der Waals surface area contributed by atoms with Crippen molar-refractivity contribution < 1.29 is 30.0 Å². The molecule has 0 spiro atoms. The molecule has 0 aromatic rings. The molecule has 2 saturated heterocycles. The van der Waals surface area contributed by atoms with Crippen LogP contribution in [0.3, 0.4) is 0 Å². The molecule has 0 aromatic carbocycles. The van der Waals surface area contributed by atoms with Crippen molar-refractivity contribution in [3.63, 3.8) is 0 Å². The maximum Gasteiger partial charge on any atom is 0.237 e. The fourth-order valence-corrected chi connectivity index (χ4v) is 4.81. The fourth-order valence-electron chi connectivity index (χ4n) is 4.13. The predicted octanol–water partition coefficient (Wildman–Crippen LogP) is -0.857. The molecule has 8 nitrogen and oxygen atoms in total. The van der Waals surface area contributed by atoms with E-state index in [1.807, 2.05) is 11.9 Å². The summed E-state index contributed by atoms with van der Waals surface area (Å²) < 4.78 is 5.72. The zero-order chi connectivity index (χ0) is 20.3. The van der Waals surface area contributed by atoms with Gasteiger partial charge in [0.05, 0.1) is 18.2 Å². The molecule has 9 atom stereocenters. The average Bonchev–Trinajstić information content (AvgIpc) is 2.99. The van der Waals surface area contributed by atoms with Crippen LogP contribution in [-0.4, -0.2) is 99.1 Å². The molecule has 2 fully saturated rings. The minimum absolute atomic E-state index is 0.223. The molecule has 2 aliphatic heterocycles. The Bertz CT molecular complexity index is 494. The van der Waals surface area contributed by atoms with E-state index in [1.54, 1.807) is 6.26 Å². The number of ether oxygens (including phenoxy) is 1. The number of hydrogen-bond donors (Lipinski definition) is 5. The van der Waals surface area contributed by atoms with Gasteiger partial charge in [-0.3, -0.25) is 9.69 Å². The number of carbonyl (C=O) groups excluding carboxylic acids is 1. The Balaban J connectivity index is 2.09. The molecule has 27 heavy (non-hydrogen) atoms. The van der Waals surface area contributed by atoms with Crippen molar-refractivity contribution in [3.05, 3.63) is 0 Å².